The van der Waals surface area contributed by atoms with E-state index in [4.69, 9.17) is 16.2 Å². The molecule has 10 heteroatoms. The van der Waals surface area contributed by atoms with Crippen LogP contribution in [0.4, 0.5) is 17.3 Å². The number of ether oxygens (including phenoxy) is 1. The van der Waals surface area contributed by atoms with E-state index >= 15 is 0 Å². The highest BCUT2D eigenvalue weighted by Crippen LogP contribution is 2.20. The third-order valence-electron chi connectivity index (χ3n) is 3.29. The number of carbonyl (C=O) groups excluding carboxylic acids is 2. The molecule has 2 aromatic rings. The van der Waals surface area contributed by atoms with Crippen LogP contribution in [0.2, 0.25) is 0 Å². The van der Waals surface area contributed by atoms with Gasteiger partial charge in [0.25, 0.3) is 5.91 Å². The first kappa shape index (κ1) is 17.9. The van der Waals surface area contributed by atoms with Crippen LogP contribution < -0.4 is 26.8 Å². The highest BCUT2D eigenvalue weighted by molar-refractivity contribution is 5.96. The smallest absolute Gasteiger partial charge is 0.271 e. The van der Waals surface area contributed by atoms with Crippen molar-refractivity contribution >= 4 is 29.1 Å². The monoisotopic (exact) mass is 345 g/mol. The van der Waals surface area contributed by atoms with Crippen LogP contribution in [0.3, 0.4) is 0 Å². The molecule has 10 nitrogen and oxygen atoms in total. The third-order valence-corrected chi connectivity index (χ3v) is 3.29. The number of primary amides is 2. The molecule has 0 fully saturated rings. The van der Waals surface area contributed by atoms with Crippen LogP contribution in [-0.2, 0) is 4.79 Å². The van der Waals surface area contributed by atoms with E-state index in [1.165, 1.54) is 19.5 Å². The number of hydrogen-bond acceptors (Lipinski definition) is 8. The lowest BCUT2D eigenvalue weighted by Gasteiger charge is -2.15. The molecule has 0 aliphatic rings. The fourth-order valence-electron chi connectivity index (χ4n) is 1.99. The Morgan fingerprint density at radius 1 is 1.24 bits per heavy atom. The normalized spacial score (nSPS) is 11.4. The van der Waals surface area contributed by atoms with Crippen LogP contribution in [0.15, 0.2) is 24.5 Å². The SMILES string of the molecule is CCC(Nc1cnc(C(N)=O)c(Nc2ccc(OC)nc2)n1)C(N)=O. The number of pyridine rings is 1. The first-order valence-electron chi connectivity index (χ1n) is 7.44. The lowest BCUT2D eigenvalue weighted by molar-refractivity contribution is -0.118. The Labute approximate surface area is 144 Å². The van der Waals surface area contributed by atoms with Gasteiger partial charge in [-0.15, -0.1) is 0 Å². The summed E-state index contributed by atoms with van der Waals surface area (Å²) < 4.78 is 4.98. The van der Waals surface area contributed by atoms with Crippen LogP contribution >= 0.6 is 0 Å². The largest absolute Gasteiger partial charge is 0.481 e. The number of rotatable bonds is 8. The minimum atomic E-state index is -0.745. The second-order valence-electron chi connectivity index (χ2n) is 5.04. The number of methoxy groups -OCH3 is 1. The summed E-state index contributed by atoms with van der Waals surface area (Å²) in [6.07, 6.45) is 3.28. The van der Waals surface area contributed by atoms with Gasteiger partial charge in [0.05, 0.1) is 25.2 Å². The van der Waals surface area contributed by atoms with Gasteiger partial charge in [-0.05, 0) is 12.5 Å². The van der Waals surface area contributed by atoms with Crippen molar-refractivity contribution in [3.05, 3.63) is 30.2 Å². The Bertz CT molecular complexity index is 764. The number of nitrogens with one attached hydrogen (secondary N) is 2. The number of amides is 2. The summed E-state index contributed by atoms with van der Waals surface area (Å²) in [6, 6.07) is 2.72. The Morgan fingerprint density at radius 2 is 2.00 bits per heavy atom. The van der Waals surface area contributed by atoms with Gasteiger partial charge in [-0.25, -0.2) is 15.0 Å². The average Bonchev–Trinajstić information content (AvgIpc) is 2.60. The molecule has 0 radical (unpaired) electrons. The van der Waals surface area contributed by atoms with E-state index in [2.05, 4.69) is 25.6 Å². The van der Waals surface area contributed by atoms with E-state index in [0.29, 0.717) is 18.0 Å². The molecule has 6 N–H and O–H groups in total. The summed E-state index contributed by atoms with van der Waals surface area (Å²) in [5.74, 6) is -0.417. The molecule has 0 bridgehead atoms. The predicted octanol–water partition coefficient (Wildman–Crippen LogP) is 0.398. The number of hydrogen-bond donors (Lipinski definition) is 4. The maximum atomic E-state index is 11.6. The molecule has 1 unspecified atom stereocenters. The van der Waals surface area contributed by atoms with Crippen molar-refractivity contribution in [3.63, 3.8) is 0 Å². The molecule has 0 saturated carbocycles. The fourth-order valence-corrected chi connectivity index (χ4v) is 1.99. The van der Waals surface area contributed by atoms with Crippen LogP contribution in [0.1, 0.15) is 23.8 Å². The quantitative estimate of drug-likeness (QED) is 0.535. The van der Waals surface area contributed by atoms with Gasteiger partial charge in [0.15, 0.2) is 11.5 Å². The Hall–Kier alpha value is -3.43. The van der Waals surface area contributed by atoms with Gasteiger partial charge in [-0.2, -0.15) is 0 Å². The van der Waals surface area contributed by atoms with Crippen LogP contribution in [0, 0.1) is 0 Å². The van der Waals surface area contributed by atoms with Crippen molar-refractivity contribution in [2.45, 2.75) is 19.4 Å². The Kier molecular flexibility index (Phi) is 5.66. The molecule has 2 rings (SSSR count). The van der Waals surface area contributed by atoms with Gasteiger partial charge in [0.1, 0.15) is 11.9 Å². The first-order valence-corrected chi connectivity index (χ1v) is 7.44. The number of nitrogens with zero attached hydrogens (tertiary/aromatic N) is 3. The Morgan fingerprint density at radius 3 is 2.52 bits per heavy atom. The van der Waals surface area contributed by atoms with Crippen LogP contribution in [0.5, 0.6) is 5.88 Å². The van der Waals surface area contributed by atoms with E-state index in [9.17, 15) is 9.59 Å². The molecule has 0 aliphatic heterocycles. The van der Waals surface area contributed by atoms with Gasteiger partial charge in [0, 0.05) is 6.07 Å². The number of nitrogens with two attached hydrogens (primary N) is 2. The lowest BCUT2D eigenvalue weighted by atomic mass is 10.2. The van der Waals surface area contributed by atoms with E-state index < -0.39 is 17.9 Å². The van der Waals surface area contributed by atoms with E-state index in [1.54, 1.807) is 19.1 Å². The second-order valence-corrected chi connectivity index (χ2v) is 5.04. The topological polar surface area (TPSA) is 158 Å². The Balaban J connectivity index is 2.30. The molecule has 1 atom stereocenters. The maximum Gasteiger partial charge on any atom is 0.271 e. The van der Waals surface area contributed by atoms with Gasteiger partial charge < -0.3 is 26.8 Å². The number of anilines is 3. The molecule has 2 heterocycles. The van der Waals surface area contributed by atoms with Crippen LogP contribution in [-0.4, -0.2) is 39.9 Å². The van der Waals surface area contributed by atoms with Gasteiger partial charge in [-0.1, -0.05) is 6.92 Å². The summed E-state index contributed by atoms with van der Waals surface area (Å²) in [6.45, 7) is 1.80. The zero-order valence-corrected chi connectivity index (χ0v) is 13.8. The van der Waals surface area contributed by atoms with Crippen molar-refractivity contribution in [3.8, 4) is 5.88 Å². The van der Waals surface area contributed by atoms with Crippen molar-refractivity contribution in [2.24, 2.45) is 11.5 Å². The average molecular weight is 345 g/mol. The molecule has 2 amide bonds. The van der Waals surface area contributed by atoms with Crippen molar-refractivity contribution in [1.29, 1.82) is 0 Å². The van der Waals surface area contributed by atoms with E-state index in [-0.39, 0.29) is 17.3 Å². The lowest BCUT2D eigenvalue weighted by Crippen LogP contribution is -2.35. The minimum absolute atomic E-state index is 0.0477. The molecule has 2 aromatic heterocycles. The summed E-state index contributed by atoms with van der Waals surface area (Å²) >= 11 is 0. The summed E-state index contributed by atoms with van der Waals surface area (Å²) in [5, 5.41) is 5.78. The molecule has 0 aromatic carbocycles. The summed E-state index contributed by atoms with van der Waals surface area (Å²) in [7, 11) is 1.50. The zero-order valence-electron chi connectivity index (χ0n) is 13.8. The zero-order chi connectivity index (χ0) is 18.4. The summed E-state index contributed by atoms with van der Waals surface area (Å²) in [5.41, 5.74) is 11.1. The predicted molar refractivity (Wildman–Crippen MR) is 91.5 cm³/mol. The molecule has 0 aliphatic carbocycles. The molecule has 25 heavy (non-hydrogen) atoms. The highest BCUT2D eigenvalue weighted by atomic mass is 16.5. The van der Waals surface area contributed by atoms with E-state index in [0.717, 1.165) is 0 Å². The standard InChI is InChI=1S/C15H19N7O3/c1-3-9(13(16)23)21-10-7-19-12(14(17)24)15(22-10)20-8-4-5-11(25-2)18-6-8/h4-7,9H,3H2,1-2H3,(H2,16,23)(H2,17,24)(H2,20,21,22). The molecular formula is C15H19N7O3. The van der Waals surface area contributed by atoms with Gasteiger partial charge >= 0.3 is 0 Å². The van der Waals surface area contributed by atoms with Crippen LogP contribution in [0.25, 0.3) is 0 Å². The van der Waals surface area contributed by atoms with Gasteiger partial charge in [-0.3, -0.25) is 9.59 Å². The maximum absolute atomic E-state index is 11.6. The molecule has 132 valence electrons. The summed E-state index contributed by atoms with van der Waals surface area (Å²) in [4.78, 5) is 35.2. The van der Waals surface area contributed by atoms with E-state index in [1.807, 2.05) is 0 Å². The number of carbonyl (C=O) groups is 2. The minimum Gasteiger partial charge on any atom is -0.481 e. The highest BCUT2D eigenvalue weighted by Gasteiger charge is 2.17. The first-order chi connectivity index (χ1) is 11.9. The number of aromatic nitrogens is 3. The van der Waals surface area contributed by atoms with Gasteiger partial charge in [0.2, 0.25) is 11.8 Å². The fraction of sp³-hybridized carbons (Fsp3) is 0.267. The van der Waals surface area contributed by atoms with Crippen molar-refractivity contribution < 1.29 is 14.3 Å². The third kappa shape index (κ3) is 4.53. The van der Waals surface area contributed by atoms with Crippen molar-refractivity contribution in [1.82, 2.24) is 15.0 Å². The van der Waals surface area contributed by atoms with Crippen molar-refractivity contribution in [2.75, 3.05) is 17.7 Å². The molecule has 0 spiro atoms. The molecular weight excluding hydrogens is 326 g/mol. The molecule has 0 saturated heterocycles. The second kappa shape index (κ2) is 7.90.